The molecule has 0 unspecified atom stereocenters. The number of esters is 1. The van der Waals surface area contributed by atoms with Crippen LogP contribution < -0.4 is 5.32 Å². The number of aromatic nitrogens is 1. The van der Waals surface area contributed by atoms with Crippen LogP contribution in [0.2, 0.25) is 0 Å². The molecule has 1 aromatic rings. The van der Waals surface area contributed by atoms with Crippen LogP contribution in [-0.4, -0.2) is 35.9 Å². The predicted molar refractivity (Wildman–Crippen MR) is 77.7 cm³/mol. The third-order valence-electron chi connectivity index (χ3n) is 2.31. The highest BCUT2D eigenvalue weighted by Crippen LogP contribution is 2.18. The Labute approximate surface area is 126 Å². The van der Waals surface area contributed by atoms with Crippen molar-refractivity contribution < 1.29 is 19.1 Å². The Morgan fingerprint density at radius 1 is 1.40 bits per heavy atom. The van der Waals surface area contributed by atoms with Gasteiger partial charge in [-0.2, -0.15) is 0 Å². The fourth-order valence-electron chi connectivity index (χ4n) is 1.54. The van der Waals surface area contributed by atoms with E-state index in [2.05, 4.69) is 21.2 Å². The first-order valence-electron chi connectivity index (χ1n) is 6.14. The topological polar surface area (TPSA) is 69.6 Å². The molecule has 1 amide bonds. The SMILES string of the molecule is COC(=O)c1c(Br)ccn1CCNC(=O)OC(C)(C)C. The lowest BCUT2D eigenvalue weighted by Gasteiger charge is -2.19. The van der Waals surface area contributed by atoms with E-state index >= 15 is 0 Å². The van der Waals surface area contributed by atoms with E-state index in [1.54, 1.807) is 37.6 Å². The number of amides is 1. The van der Waals surface area contributed by atoms with Crippen molar-refractivity contribution in [1.29, 1.82) is 0 Å². The Kier molecular flexibility index (Phi) is 5.62. The molecule has 0 aliphatic carbocycles. The Balaban J connectivity index is 2.55. The van der Waals surface area contributed by atoms with Crippen LogP contribution in [0.5, 0.6) is 0 Å². The minimum Gasteiger partial charge on any atom is -0.464 e. The number of methoxy groups -OCH3 is 1. The van der Waals surface area contributed by atoms with Gasteiger partial charge >= 0.3 is 12.1 Å². The molecule has 0 aliphatic rings. The van der Waals surface area contributed by atoms with Gasteiger partial charge < -0.3 is 19.4 Å². The van der Waals surface area contributed by atoms with Crippen molar-refractivity contribution in [3.63, 3.8) is 0 Å². The molecule has 7 heteroatoms. The molecule has 0 fully saturated rings. The molecule has 0 saturated heterocycles. The quantitative estimate of drug-likeness (QED) is 0.850. The molecule has 0 aromatic carbocycles. The molecule has 6 nitrogen and oxygen atoms in total. The summed E-state index contributed by atoms with van der Waals surface area (Å²) >= 11 is 3.29. The van der Waals surface area contributed by atoms with E-state index in [1.807, 2.05) is 0 Å². The van der Waals surface area contributed by atoms with Crippen molar-refractivity contribution in [3.05, 3.63) is 22.4 Å². The van der Waals surface area contributed by atoms with Gasteiger partial charge in [0.2, 0.25) is 0 Å². The maximum atomic E-state index is 11.6. The van der Waals surface area contributed by atoms with Crippen LogP contribution in [0.1, 0.15) is 31.3 Å². The van der Waals surface area contributed by atoms with E-state index in [-0.39, 0.29) is 0 Å². The highest BCUT2D eigenvalue weighted by atomic mass is 79.9. The summed E-state index contributed by atoms with van der Waals surface area (Å²) in [5.74, 6) is -0.431. The molecular formula is C13H19BrN2O4. The highest BCUT2D eigenvalue weighted by Gasteiger charge is 2.17. The van der Waals surface area contributed by atoms with E-state index in [0.717, 1.165) is 0 Å². The van der Waals surface area contributed by atoms with Crippen LogP contribution in [0, 0.1) is 0 Å². The van der Waals surface area contributed by atoms with E-state index in [4.69, 9.17) is 9.47 Å². The summed E-state index contributed by atoms with van der Waals surface area (Å²) in [6.45, 7) is 6.18. The standard InChI is InChI=1S/C13H19BrN2O4/c1-13(2,3)20-12(18)15-6-8-16-7-5-9(14)10(16)11(17)19-4/h5,7H,6,8H2,1-4H3,(H,15,18). The Morgan fingerprint density at radius 2 is 2.05 bits per heavy atom. The minimum absolute atomic E-state index is 0.347. The maximum Gasteiger partial charge on any atom is 0.407 e. The Hall–Kier alpha value is -1.50. The summed E-state index contributed by atoms with van der Waals surface area (Å²) in [6.07, 6.45) is 1.26. The zero-order chi connectivity index (χ0) is 15.3. The summed E-state index contributed by atoms with van der Waals surface area (Å²) in [6, 6.07) is 1.75. The van der Waals surface area contributed by atoms with Gasteiger partial charge in [0.1, 0.15) is 11.3 Å². The zero-order valence-electron chi connectivity index (χ0n) is 12.0. The number of alkyl carbamates (subject to hydrolysis) is 1. The van der Waals surface area contributed by atoms with E-state index in [0.29, 0.717) is 23.3 Å². The second-order valence-corrected chi connectivity index (χ2v) is 5.98. The first kappa shape index (κ1) is 16.6. The summed E-state index contributed by atoms with van der Waals surface area (Å²) < 4.78 is 12.2. The lowest BCUT2D eigenvalue weighted by molar-refractivity contribution is 0.0526. The normalized spacial score (nSPS) is 11.1. The molecule has 1 rings (SSSR count). The van der Waals surface area contributed by atoms with Gasteiger partial charge in [-0.1, -0.05) is 0 Å². The molecule has 0 atom stereocenters. The smallest absolute Gasteiger partial charge is 0.407 e. The zero-order valence-corrected chi connectivity index (χ0v) is 13.6. The summed E-state index contributed by atoms with van der Waals surface area (Å²) in [5, 5.41) is 2.63. The van der Waals surface area contributed by atoms with Crippen molar-refractivity contribution in [1.82, 2.24) is 9.88 Å². The van der Waals surface area contributed by atoms with E-state index in [9.17, 15) is 9.59 Å². The molecule has 20 heavy (non-hydrogen) atoms. The molecule has 1 heterocycles. The monoisotopic (exact) mass is 346 g/mol. The Morgan fingerprint density at radius 3 is 2.60 bits per heavy atom. The number of hydrogen-bond donors (Lipinski definition) is 1. The molecule has 1 N–H and O–H groups in total. The van der Waals surface area contributed by atoms with Gasteiger partial charge in [-0.25, -0.2) is 9.59 Å². The van der Waals surface area contributed by atoms with Crippen molar-refractivity contribution in [2.45, 2.75) is 32.9 Å². The van der Waals surface area contributed by atoms with Gasteiger partial charge in [-0.3, -0.25) is 0 Å². The van der Waals surface area contributed by atoms with Crippen LogP contribution in [0.25, 0.3) is 0 Å². The largest absolute Gasteiger partial charge is 0.464 e. The Bertz CT molecular complexity index is 491. The molecule has 0 aliphatic heterocycles. The molecule has 1 aromatic heterocycles. The van der Waals surface area contributed by atoms with Crippen LogP contribution in [0.15, 0.2) is 16.7 Å². The van der Waals surface area contributed by atoms with Crippen LogP contribution in [-0.2, 0) is 16.0 Å². The second-order valence-electron chi connectivity index (χ2n) is 5.13. The van der Waals surface area contributed by atoms with Crippen LogP contribution in [0.4, 0.5) is 4.79 Å². The fraction of sp³-hybridized carbons (Fsp3) is 0.538. The van der Waals surface area contributed by atoms with Gasteiger partial charge in [-0.15, -0.1) is 0 Å². The van der Waals surface area contributed by atoms with Gasteiger partial charge in [0.25, 0.3) is 0 Å². The van der Waals surface area contributed by atoms with E-state index < -0.39 is 17.7 Å². The predicted octanol–water partition coefficient (Wildman–Crippen LogP) is 2.56. The van der Waals surface area contributed by atoms with Crippen LogP contribution in [0.3, 0.4) is 0 Å². The number of carbonyl (C=O) groups is 2. The van der Waals surface area contributed by atoms with Crippen molar-refractivity contribution in [3.8, 4) is 0 Å². The number of hydrogen-bond acceptors (Lipinski definition) is 4. The van der Waals surface area contributed by atoms with E-state index in [1.165, 1.54) is 7.11 Å². The van der Waals surface area contributed by atoms with Crippen molar-refractivity contribution in [2.75, 3.05) is 13.7 Å². The number of carbonyl (C=O) groups excluding carboxylic acids is 2. The van der Waals surface area contributed by atoms with Crippen molar-refractivity contribution in [2.24, 2.45) is 0 Å². The molecule has 0 spiro atoms. The maximum absolute atomic E-state index is 11.6. The molecule has 112 valence electrons. The lowest BCUT2D eigenvalue weighted by Crippen LogP contribution is -2.34. The highest BCUT2D eigenvalue weighted by molar-refractivity contribution is 9.10. The lowest BCUT2D eigenvalue weighted by atomic mass is 10.2. The molecular weight excluding hydrogens is 328 g/mol. The third kappa shape index (κ3) is 4.88. The average Bonchev–Trinajstić information content (AvgIpc) is 2.67. The first-order chi connectivity index (χ1) is 9.24. The summed E-state index contributed by atoms with van der Waals surface area (Å²) in [4.78, 5) is 23.1. The van der Waals surface area contributed by atoms with Gasteiger partial charge in [0, 0.05) is 19.3 Å². The van der Waals surface area contributed by atoms with Crippen LogP contribution >= 0.6 is 15.9 Å². The fourth-order valence-corrected chi connectivity index (χ4v) is 2.04. The first-order valence-corrected chi connectivity index (χ1v) is 6.93. The number of rotatable bonds is 4. The summed E-state index contributed by atoms with van der Waals surface area (Å²) in [5.41, 5.74) is -0.115. The molecule has 0 radical (unpaired) electrons. The number of halogens is 1. The van der Waals surface area contributed by atoms with Gasteiger partial charge in [0.05, 0.1) is 11.6 Å². The minimum atomic E-state index is -0.530. The number of ether oxygens (including phenoxy) is 2. The number of nitrogens with one attached hydrogen (secondary N) is 1. The van der Waals surface area contributed by atoms with Gasteiger partial charge in [0.15, 0.2) is 0 Å². The van der Waals surface area contributed by atoms with Gasteiger partial charge in [-0.05, 0) is 42.8 Å². The molecule has 0 bridgehead atoms. The summed E-state index contributed by atoms with van der Waals surface area (Å²) in [7, 11) is 1.32. The van der Waals surface area contributed by atoms with Crippen molar-refractivity contribution >= 4 is 28.0 Å². The number of nitrogens with zero attached hydrogens (tertiary/aromatic N) is 1. The average molecular weight is 347 g/mol. The third-order valence-corrected chi connectivity index (χ3v) is 2.95. The second kappa shape index (κ2) is 6.78. The molecule has 0 saturated carbocycles.